The third-order valence-electron chi connectivity index (χ3n) is 7.48. The predicted molar refractivity (Wildman–Crippen MR) is 174 cm³/mol. The molecule has 12 heteroatoms. The quantitative estimate of drug-likeness (QED) is 0.179. The fraction of sp³-hybridized carbons (Fsp3) is 0.312. The number of piperazine rings is 1. The number of amides is 2. The Morgan fingerprint density at radius 1 is 0.886 bits per heavy atom. The van der Waals surface area contributed by atoms with Crippen molar-refractivity contribution in [2.75, 3.05) is 55.7 Å². The van der Waals surface area contributed by atoms with Crippen LogP contribution in [0.2, 0.25) is 0 Å². The van der Waals surface area contributed by atoms with E-state index in [4.69, 9.17) is 20.4 Å². The van der Waals surface area contributed by atoms with E-state index in [1.54, 1.807) is 32.9 Å². The molecule has 44 heavy (non-hydrogen) atoms. The van der Waals surface area contributed by atoms with Crippen LogP contribution in [0.5, 0.6) is 0 Å². The van der Waals surface area contributed by atoms with Gasteiger partial charge in [0.1, 0.15) is 23.8 Å². The molecule has 0 unspecified atom stereocenters. The number of nitrogens with zero attached hydrogens (tertiary/aromatic N) is 4. The highest BCUT2D eigenvalue weighted by atomic mass is 16.6. The second-order valence-electron chi connectivity index (χ2n) is 12.1. The molecule has 3 heterocycles. The number of nitrogen functional groups attached to an aromatic ring is 1. The summed E-state index contributed by atoms with van der Waals surface area (Å²) in [5, 5.41) is 5.19. The number of aromatic amines is 2. The Morgan fingerprint density at radius 3 is 2.18 bits per heavy atom. The molecular weight excluding hydrogens is 558 g/mol. The van der Waals surface area contributed by atoms with Crippen LogP contribution in [0.25, 0.3) is 44.8 Å². The third-order valence-corrected chi connectivity index (χ3v) is 7.48. The molecule has 0 aliphatic carbocycles. The summed E-state index contributed by atoms with van der Waals surface area (Å²) < 4.78 is 5.17. The molecule has 2 aromatic heterocycles. The normalized spacial score (nSPS) is 14.2. The summed E-state index contributed by atoms with van der Waals surface area (Å²) in [4.78, 5) is 45.6. The van der Waals surface area contributed by atoms with E-state index in [2.05, 4.69) is 55.6 Å². The zero-order chi connectivity index (χ0) is 31.0. The number of H-pyrrole nitrogens is 2. The predicted octanol–water partition coefficient (Wildman–Crippen LogP) is 4.57. The summed E-state index contributed by atoms with van der Waals surface area (Å²) in [7, 11) is 2.16. The molecule has 3 aromatic carbocycles. The molecule has 0 spiro atoms. The highest BCUT2D eigenvalue weighted by molar-refractivity contribution is 5.97. The smallest absolute Gasteiger partial charge is 0.408 e. The number of rotatable bonds is 6. The number of carbonyl (C=O) groups is 2. The molecule has 6 N–H and O–H groups in total. The number of hydrogen-bond acceptors (Lipinski definition) is 8. The van der Waals surface area contributed by atoms with Crippen LogP contribution in [0.15, 0.2) is 54.6 Å². The summed E-state index contributed by atoms with van der Waals surface area (Å²) in [6, 6.07) is 17.6. The van der Waals surface area contributed by atoms with Crippen molar-refractivity contribution in [1.29, 1.82) is 0 Å². The van der Waals surface area contributed by atoms with Crippen molar-refractivity contribution < 1.29 is 14.3 Å². The van der Waals surface area contributed by atoms with E-state index < -0.39 is 17.6 Å². The summed E-state index contributed by atoms with van der Waals surface area (Å²) in [6.45, 7) is 9.12. The standard InChI is InChI=1S/C32H37N9O3/c1-32(2,3)44-31(43)34-18-28(42)35-25-15-19(5-8-22(25)33)29-36-23-9-6-20(16-26(23)38-29)30-37-24-10-7-21(17-27(24)39-30)41-13-11-40(4)12-14-41/h5-10,15-17H,11-14,18,33H2,1-4H3,(H,34,43)(H,35,42)(H,36,38)(H,37,39). The Balaban J connectivity index is 1.18. The molecule has 1 fully saturated rings. The number of nitrogens with two attached hydrogens (primary N) is 1. The van der Waals surface area contributed by atoms with Crippen molar-refractivity contribution in [1.82, 2.24) is 30.2 Å². The van der Waals surface area contributed by atoms with E-state index in [-0.39, 0.29) is 6.54 Å². The average molecular weight is 596 g/mol. The Hall–Kier alpha value is -5.10. The molecule has 228 valence electrons. The van der Waals surface area contributed by atoms with Gasteiger partial charge < -0.3 is 40.9 Å². The Bertz CT molecular complexity index is 1850. The first-order valence-corrected chi connectivity index (χ1v) is 14.6. The number of alkyl carbamates (subject to hydrolysis) is 1. The maximum Gasteiger partial charge on any atom is 0.408 e. The Morgan fingerprint density at radius 2 is 1.50 bits per heavy atom. The van der Waals surface area contributed by atoms with Crippen LogP contribution in [-0.2, 0) is 9.53 Å². The molecule has 6 rings (SSSR count). The second kappa shape index (κ2) is 11.5. The Kier molecular flexibility index (Phi) is 7.60. The van der Waals surface area contributed by atoms with Crippen molar-refractivity contribution in [2.24, 2.45) is 0 Å². The van der Waals surface area contributed by atoms with Gasteiger partial charge >= 0.3 is 6.09 Å². The largest absolute Gasteiger partial charge is 0.444 e. The molecule has 0 saturated carbocycles. The number of carbonyl (C=O) groups excluding carboxylic acids is 2. The maximum absolute atomic E-state index is 12.5. The lowest BCUT2D eigenvalue weighted by molar-refractivity contribution is -0.115. The van der Waals surface area contributed by atoms with Crippen LogP contribution in [0.4, 0.5) is 21.9 Å². The van der Waals surface area contributed by atoms with E-state index in [0.29, 0.717) is 17.2 Å². The second-order valence-corrected chi connectivity index (χ2v) is 12.1. The van der Waals surface area contributed by atoms with Crippen molar-refractivity contribution in [3.63, 3.8) is 0 Å². The van der Waals surface area contributed by atoms with Gasteiger partial charge in [0.05, 0.1) is 33.4 Å². The molecule has 1 aliphatic heterocycles. The number of hydrogen-bond donors (Lipinski definition) is 5. The molecule has 5 aromatic rings. The van der Waals surface area contributed by atoms with Crippen molar-refractivity contribution >= 4 is 51.1 Å². The molecular formula is C32H37N9O3. The van der Waals surface area contributed by atoms with Crippen LogP contribution in [-0.4, -0.2) is 82.2 Å². The van der Waals surface area contributed by atoms with Crippen molar-refractivity contribution in [3.05, 3.63) is 54.6 Å². The number of anilines is 3. The van der Waals surface area contributed by atoms with Crippen molar-refractivity contribution in [2.45, 2.75) is 26.4 Å². The number of imidazole rings is 2. The minimum absolute atomic E-state index is 0.259. The lowest BCUT2D eigenvalue weighted by atomic mass is 10.1. The van der Waals surface area contributed by atoms with Gasteiger partial charge in [0.2, 0.25) is 5.91 Å². The summed E-state index contributed by atoms with van der Waals surface area (Å²) in [6.07, 6.45) is -0.672. The minimum atomic E-state index is -0.672. The fourth-order valence-electron chi connectivity index (χ4n) is 5.16. The number of aromatic nitrogens is 4. The van der Waals surface area contributed by atoms with Gasteiger partial charge in [-0.2, -0.15) is 0 Å². The highest BCUT2D eigenvalue weighted by Crippen LogP contribution is 2.30. The van der Waals surface area contributed by atoms with E-state index >= 15 is 0 Å². The molecule has 0 radical (unpaired) electrons. The average Bonchev–Trinajstić information content (AvgIpc) is 3.60. The SMILES string of the molecule is CN1CCN(c2ccc3nc(-c4ccc5nc(-c6ccc(N)c(NC(=O)CNC(=O)OC(C)(C)C)c6)[nH]c5c4)[nH]c3c2)CC1. The fourth-order valence-corrected chi connectivity index (χ4v) is 5.16. The van der Waals surface area contributed by atoms with E-state index in [1.807, 2.05) is 24.3 Å². The molecule has 12 nitrogen and oxygen atoms in total. The lowest BCUT2D eigenvalue weighted by Gasteiger charge is -2.34. The number of benzene rings is 3. The van der Waals surface area contributed by atoms with Gasteiger partial charge in [-0.05, 0) is 82.4 Å². The first-order valence-electron chi connectivity index (χ1n) is 14.6. The van der Waals surface area contributed by atoms with Crippen LogP contribution in [0, 0.1) is 0 Å². The van der Waals surface area contributed by atoms with E-state index in [0.717, 1.165) is 65.2 Å². The van der Waals surface area contributed by atoms with Crippen LogP contribution in [0.1, 0.15) is 20.8 Å². The summed E-state index contributed by atoms with van der Waals surface area (Å²) in [5.74, 6) is 0.974. The maximum atomic E-state index is 12.5. The minimum Gasteiger partial charge on any atom is -0.444 e. The summed E-state index contributed by atoms with van der Waals surface area (Å²) in [5.41, 5.74) is 12.7. The van der Waals surface area contributed by atoms with Gasteiger partial charge in [0, 0.05) is 43.0 Å². The number of likely N-dealkylation sites (N-methyl/N-ethyl adjacent to an activating group) is 1. The van der Waals surface area contributed by atoms with Crippen LogP contribution in [0.3, 0.4) is 0 Å². The van der Waals surface area contributed by atoms with E-state index in [1.165, 1.54) is 5.69 Å². The first-order chi connectivity index (χ1) is 21.0. The third kappa shape index (κ3) is 6.45. The molecule has 0 atom stereocenters. The topological polar surface area (TPSA) is 157 Å². The zero-order valence-corrected chi connectivity index (χ0v) is 25.3. The van der Waals surface area contributed by atoms with E-state index in [9.17, 15) is 9.59 Å². The van der Waals surface area contributed by atoms with Gasteiger partial charge in [0.25, 0.3) is 0 Å². The monoisotopic (exact) mass is 595 g/mol. The number of nitrogens with one attached hydrogen (secondary N) is 4. The molecule has 2 amide bonds. The van der Waals surface area contributed by atoms with Crippen molar-refractivity contribution in [3.8, 4) is 22.8 Å². The first kappa shape index (κ1) is 29.0. The van der Waals surface area contributed by atoms with Gasteiger partial charge in [-0.15, -0.1) is 0 Å². The van der Waals surface area contributed by atoms with Gasteiger partial charge in [-0.25, -0.2) is 14.8 Å². The lowest BCUT2D eigenvalue weighted by Crippen LogP contribution is -2.44. The number of ether oxygens (including phenoxy) is 1. The highest BCUT2D eigenvalue weighted by Gasteiger charge is 2.18. The zero-order valence-electron chi connectivity index (χ0n) is 25.3. The number of fused-ring (bicyclic) bond motifs is 2. The molecule has 0 bridgehead atoms. The van der Waals surface area contributed by atoms with Gasteiger partial charge in [-0.3, -0.25) is 4.79 Å². The molecule has 1 aliphatic rings. The summed E-state index contributed by atoms with van der Waals surface area (Å²) >= 11 is 0. The molecule has 1 saturated heterocycles. The van der Waals surface area contributed by atoms with Crippen LogP contribution >= 0.6 is 0 Å². The van der Waals surface area contributed by atoms with Gasteiger partial charge in [-0.1, -0.05) is 0 Å². The van der Waals surface area contributed by atoms with Crippen LogP contribution < -0.4 is 21.3 Å². The van der Waals surface area contributed by atoms with Gasteiger partial charge in [0.15, 0.2) is 0 Å². The Labute approximate surface area is 255 Å².